The molecule has 0 atom stereocenters. The van der Waals surface area contributed by atoms with E-state index in [4.69, 9.17) is 0 Å². The third-order valence-corrected chi connectivity index (χ3v) is 5.70. The molecule has 0 bridgehead atoms. The molecule has 0 aliphatic heterocycles. The highest BCUT2D eigenvalue weighted by Crippen LogP contribution is 2.30. The molecule has 1 fully saturated rings. The lowest BCUT2D eigenvalue weighted by atomic mass is 9.86. The molecule has 1 aliphatic carbocycles. The number of anilines is 1. The number of rotatable bonds is 5. The minimum Gasteiger partial charge on any atom is -0.349 e. The first-order chi connectivity index (χ1) is 12.2. The Bertz CT molecular complexity index is 909. The number of carbonyl (C=O) groups excluding carboxylic acids is 1. The zero-order valence-corrected chi connectivity index (χ0v) is 16.1. The fraction of sp³-hybridized carbons (Fsp3) is 0.350. The third-order valence-electron chi connectivity index (χ3n) is 4.32. The van der Waals surface area contributed by atoms with E-state index in [-0.39, 0.29) is 22.3 Å². The Kier molecular flexibility index (Phi) is 4.80. The van der Waals surface area contributed by atoms with Crippen LogP contribution in [0.2, 0.25) is 0 Å². The first kappa shape index (κ1) is 18.5. The fourth-order valence-electron chi connectivity index (χ4n) is 2.71. The van der Waals surface area contributed by atoms with Crippen molar-refractivity contribution in [2.75, 3.05) is 4.72 Å². The minimum absolute atomic E-state index is 0.129. The molecular weight excluding hydrogens is 348 g/mol. The van der Waals surface area contributed by atoms with Crippen LogP contribution in [0.4, 0.5) is 5.69 Å². The summed E-state index contributed by atoms with van der Waals surface area (Å²) in [7, 11) is -3.73. The van der Waals surface area contributed by atoms with Crippen LogP contribution in [0.1, 0.15) is 49.5 Å². The van der Waals surface area contributed by atoms with Gasteiger partial charge in [0.15, 0.2) is 0 Å². The van der Waals surface area contributed by atoms with Gasteiger partial charge in [0.2, 0.25) is 0 Å². The molecule has 5 nitrogen and oxygen atoms in total. The van der Waals surface area contributed by atoms with E-state index < -0.39 is 10.0 Å². The molecule has 1 aliphatic rings. The van der Waals surface area contributed by atoms with Gasteiger partial charge in [0.1, 0.15) is 0 Å². The van der Waals surface area contributed by atoms with Crippen molar-refractivity contribution in [3.8, 4) is 0 Å². The van der Waals surface area contributed by atoms with Crippen LogP contribution in [0.3, 0.4) is 0 Å². The highest BCUT2D eigenvalue weighted by Gasteiger charge is 2.24. The smallest absolute Gasteiger partial charge is 0.261 e. The molecule has 0 radical (unpaired) electrons. The lowest BCUT2D eigenvalue weighted by Crippen LogP contribution is -2.25. The van der Waals surface area contributed by atoms with Crippen LogP contribution in [0, 0.1) is 0 Å². The second-order valence-corrected chi connectivity index (χ2v) is 9.36. The van der Waals surface area contributed by atoms with Gasteiger partial charge in [-0.3, -0.25) is 9.52 Å². The van der Waals surface area contributed by atoms with Crippen LogP contribution in [0.15, 0.2) is 53.4 Å². The van der Waals surface area contributed by atoms with Gasteiger partial charge in [-0.2, -0.15) is 0 Å². The number of hydrogen-bond donors (Lipinski definition) is 2. The van der Waals surface area contributed by atoms with E-state index in [9.17, 15) is 13.2 Å². The minimum atomic E-state index is -3.73. The summed E-state index contributed by atoms with van der Waals surface area (Å²) in [6.45, 7) is 6.11. The number of benzene rings is 2. The highest BCUT2D eigenvalue weighted by molar-refractivity contribution is 7.92. The van der Waals surface area contributed by atoms with Gasteiger partial charge in [-0.1, -0.05) is 39.0 Å². The maximum atomic E-state index is 12.7. The van der Waals surface area contributed by atoms with Crippen molar-refractivity contribution in [2.24, 2.45) is 0 Å². The average molecular weight is 372 g/mol. The van der Waals surface area contributed by atoms with Crippen LogP contribution >= 0.6 is 0 Å². The van der Waals surface area contributed by atoms with Gasteiger partial charge in [0.05, 0.1) is 10.6 Å². The Morgan fingerprint density at radius 1 is 1.00 bits per heavy atom. The van der Waals surface area contributed by atoms with E-state index in [1.165, 1.54) is 12.1 Å². The monoisotopic (exact) mass is 372 g/mol. The molecule has 2 N–H and O–H groups in total. The molecule has 1 amide bonds. The molecule has 0 aromatic heterocycles. The summed E-state index contributed by atoms with van der Waals surface area (Å²) in [6.07, 6.45) is 2.02. The first-order valence-corrected chi connectivity index (χ1v) is 10.2. The second-order valence-electron chi connectivity index (χ2n) is 7.67. The van der Waals surface area contributed by atoms with Crippen molar-refractivity contribution in [3.05, 3.63) is 59.7 Å². The van der Waals surface area contributed by atoms with Crippen LogP contribution in [0.5, 0.6) is 0 Å². The zero-order valence-electron chi connectivity index (χ0n) is 15.2. The van der Waals surface area contributed by atoms with Crippen molar-refractivity contribution in [2.45, 2.75) is 50.0 Å². The van der Waals surface area contributed by atoms with E-state index in [0.29, 0.717) is 11.3 Å². The predicted molar refractivity (Wildman–Crippen MR) is 103 cm³/mol. The van der Waals surface area contributed by atoms with Crippen molar-refractivity contribution in [3.63, 3.8) is 0 Å². The normalized spacial score (nSPS) is 14.7. The Morgan fingerprint density at radius 2 is 1.62 bits per heavy atom. The summed E-state index contributed by atoms with van der Waals surface area (Å²) >= 11 is 0. The summed E-state index contributed by atoms with van der Waals surface area (Å²) < 4.78 is 28.1. The summed E-state index contributed by atoms with van der Waals surface area (Å²) in [4.78, 5) is 12.2. The average Bonchev–Trinajstić information content (AvgIpc) is 3.38. The van der Waals surface area contributed by atoms with E-state index in [0.717, 1.165) is 18.4 Å². The first-order valence-electron chi connectivity index (χ1n) is 8.70. The summed E-state index contributed by atoms with van der Waals surface area (Å²) in [5.41, 5.74) is 1.76. The molecule has 138 valence electrons. The summed E-state index contributed by atoms with van der Waals surface area (Å²) in [5, 5.41) is 2.89. The summed E-state index contributed by atoms with van der Waals surface area (Å²) in [5.74, 6) is -0.164. The molecule has 0 spiro atoms. The summed E-state index contributed by atoms with van der Waals surface area (Å²) in [6, 6.07) is 13.7. The number of amides is 1. The van der Waals surface area contributed by atoms with Crippen LogP contribution < -0.4 is 10.0 Å². The number of nitrogens with one attached hydrogen (secondary N) is 2. The third kappa shape index (κ3) is 4.25. The van der Waals surface area contributed by atoms with Crippen molar-refractivity contribution < 1.29 is 13.2 Å². The van der Waals surface area contributed by atoms with Gasteiger partial charge in [-0.25, -0.2) is 8.42 Å². The molecular formula is C20H24N2O3S. The molecule has 0 saturated heterocycles. The molecule has 2 aromatic rings. The van der Waals surface area contributed by atoms with E-state index in [2.05, 4.69) is 10.0 Å². The SMILES string of the molecule is CC(C)(C)c1ccccc1NS(=O)(=O)c1ccc(C(=O)NC2CC2)cc1. The predicted octanol–water partition coefficient (Wildman–Crippen LogP) is 3.68. The van der Waals surface area contributed by atoms with E-state index in [1.54, 1.807) is 24.3 Å². The second kappa shape index (κ2) is 6.76. The van der Waals surface area contributed by atoms with E-state index in [1.807, 2.05) is 32.9 Å². The van der Waals surface area contributed by atoms with Crippen LogP contribution in [-0.2, 0) is 15.4 Å². The van der Waals surface area contributed by atoms with Gasteiger partial charge in [-0.15, -0.1) is 0 Å². The maximum Gasteiger partial charge on any atom is 0.261 e. The number of hydrogen-bond acceptors (Lipinski definition) is 3. The van der Waals surface area contributed by atoms with Crippen molar-refractivity contribution >= 4 is 21.6 Å². The van der Waals surface area contributed by atoms with Crippen molar-refractivity contribution in [1.29, 1.82) is 0 Å². The van der Waals surface area contributed by atoms with Crippen LogP contribution in [0.25, 0.3) is 0 Å². The molecule has 3 rings (SSSR count). The Hall–Kier alpha value is -2.34. The van der Waals surface area contributed by atoms with Crippen LogP contribution in [-0.4, -0.2) is 20.4 Å². The van der Waals surface area contributed by atoms with Gasteiger partial charge in [0, 0.05) is 11.6 Å². The molecule has 0 unspecified atom stereocenters. The molecule has 1 saturated carbocycles. The van der Waals surface area contributed by atoms with Gasteiger partial charge < -0.3 is 5.32 Å². The fourth-order valence-corrected chi connectivity index (χ4v) is 3.79. The Balaban J connectivity index is 1.81. The standard InChI is InChI=1S/C20H24N2O3S/c1-20(2,3)17-6-4-5-7-18(17)22-26(24,25)16-12-8-14(9-13-16)19(23)21-15-10-11-15/h4-9,12-13,15,22H,10-11H2,1-3H3,(H,21,23). The topological polar surface area (TPSA) is 75.3 Å². The quantitative estimate of drug-likeness (QED) is 0.841. The number of para-hydroxylation sites is 1. The Morgan fingerprint density at radius 3 is 2.19 bits per heavy atom. The maximum absolute atomic E-state index is 12.7. The van der Waals surface area contributed by atoms with Gasteiger partial charge >= 0.3 is 0 Å². The molecule has 0 heterocycles. The lowest BCUT2D eigenvalue weighted by molar-refractivity contribution is 0.0951. The lowest BCUT2D eigenvalue weighted by Gasteiger charge is -2.23. The molecule has 26 heavy (non-hydrogen) atoms. The van der Waals surface area contributed by atoms with Gasteiger partial charge in [-0.05, 0) is 54.2 Å². The van der Waals surface area contributed by atoms with Gasteiger partial charge in [0.25, 0.3) is 15.9 Å². The number of carbonyl (C=O) groups is 1. The Labute approximate surface area is 154 Å². The molecule has 2 aromatic carbocycles. The molecule has 6 heteroatoms. The largest absolute Gasteiger partial charge is 0.349 e. The highest BCUT2D eigenvalue weighted by atomic mass is 32.2. The zero-order chi connectivity index (χ0) is 18.9. The van der Waals surface area contributed by atoms with Crippen molar-refractivity contribution in [1.82, 2.24) is 5.32 Å². The number of sulfonamides is 1. The van der Waals surface area contributed by atoms with E-state index >= 15 is 0 Å².